The van der Waals surface area contributed by atoms with Gasteiger partial charge in [0.1, 0.15) is 0 Å². The maximum absolute atomic E-state index is 11.0. The molecule has 0 aliphatic carbocycles. The SMILES string of the molecule is Cc1ccc(CNC(=O)CCN)s1. The Morgan fingerprint density at radius 2 is 2.38 bits per heavy atom. The van der Waals surface area contributed by atoms with E-state index in [1.807, 2.05) is 6.07 Å². The quantitative estimate of drug-likeness (QED) is 0.759. The summed E-state index contributed by atoms with van der Waals surface area (Å²) in [5, 5.41) is 2.80. The smallest absolute Gasteiger partial charge is 0.221 e. The second kappa shape index (κ2) is 4.99. The molecule has 4 heteroatoms. The minimum Gasteiger partial charge on any atom is -0.351 e. The average molecular weight is 198 g/mol. The fourth-order valence-corrected chi connectivity index (χ4v) is 1.82. The molecule has 1 heterocycles. The van der Waals surface area contributed by atoms with Crippen LogP contribution in [0, 0.1) is 6.92 Å². The van der Waals surface area contributed by atoms with Gasteiger partial charge in [0, 0.05) is 22.7 Å². The van der Waals surface area contributed by atoms with Crippen molar-refractivity contribution >= 4 is 17.2 Å². The van der Waals surface area contributed by atoms with Gasteiger partial charge in [0.05, 0.1) is 6.54 Å². The first kappa shape index (κ1) is 10.2. The first-order chi connectivity index (χ1) is 6.22. The van der Waals surface area contributed by atoms with Crippen LogP contribution in [0.3, 0.4) is 0 Å². The number of hydrogen-bond donors (Lipinski definition) is 2. The minimum absolute atomic E-state index is 0.0218. The van der Waals surface area contributed by atoms with Gasteiger partial charge in [0.15, 0.2) is 0 Å². The van der Waals surface area contributed by atoms with Crippen molar-refractivity contribution in [3.8, 4) is 0 Å². The van der Waals surface area contributed by atoms with Crippen molar-refractivity contribution < 1.29 is 4.79 Å². The molecule has 0 bridgehead atoms. The molecule has 0 unspecified atom stereocenters. The number of nitrogens with two attached hydrogens (primary N) is 1. The van der Waals surface area contributed by atoms with E-state index < -0.39 is 0 Å². The molecule has 0 aliphatic rings. The molecule has 13 heavy (non-hydrogen) atoms. The zero-order valence-corrected chi connectivity index (χ0v) is 8.49. The second-order valence-corrected chi connectivity index (χ2v) is 4.20. The molecule has 0 fully saturated rings. The lowest BCUT2D eigenvalue weighted by Gasteiger charge is -2.00. The predicted molar refractivity (Wildman–Crippen MR) is 54.6 cm³/mol. The number of thiophene rings is 1. The first-order valence-corrected chi connectivity index (χ1v) is 5.06. The molecule has 72 valence electrons. The number of nitrogens with one attached hydrogen (secondary N) is 1. The van der Waals surface area contributed by atoms with E-state index in [9.17, 15) is 4.79 Å². The Morgan fingerprint density at radius 1 is 1.62 bits per heavy atom. The average Bonchev–Trinajstić information content (AvgIpc) is 2.49. The van der Waals surface area contributed by atoms with Gasteiger partial charge in [-0.15, -0.1) is 11.3 Å². The van der Waals surface area contributed by atoms with Crippen molar-refractivity contribution in [2.75, 3.05) is 6.54 Å². The maximum atomic E-state index is 11.0. The van der Waals surface area contributed by atoms with Crippen LogP contribution in [0.25, 0.3) is 0 Å². The summed E-state index contributed by atoms with van der Waals surface area (Å²) in [6, 6.07) is 4.08. The van der Waals surface area contributed by atoms with Crippen LogP contribution < -0.4 is 11.1 Å². The van der Waals surface area contributed by atoms with Gasteiger partial charge in [-0.05, 0) is 19.1 Å². The molecule has 0 atom stereocenters. The number of amides is 1. The highest BCUT2D eigenvalue weighted by Crippen LogP contribution is 2.14. The molecular formula is C9H14N2OS. The number of rotatable bonds is 4. The Morgan fingerprint density at radius 3 is 2.92 bits per heavy atom. The fraction of sp³-hybridized carbons (Fsp3) is 0.444. The number of carbonyl (C=O) groups is 1. The third-order valence-electron chi connectivity index (χ3n) is 1.63. The second-order valence-electron chi connectivity index (χ2n) is 2.83. The molecule has 0 radical (unpaired) electrons. The van der Waals surface area contributed by atoms with Crippen molar-refractivity contribution in [1.82, 2.24) is 5.32 Å². The highest BCUT2D eigenvalue weighted by Gasteiger charge is 2.00. The zero-order valence-electron chi connectivity index (χ0n) is 7.67. The Hall–Kier alpha value is -0.870. The summed E-state index contributed by atoms with van der Waals surface area (Å²) in [7, 11) is 0. The van der Waals surface area contributed by atoms with Crippen LogP contribution in [0.2, 0.25) is 0 Å². The molecule has 0 saturated heterocycles. The van der Waals surface area contributed by atoms with E-state index in [1.165, 1.54) is 9.75 Å². The summed E-state index contributed by atoms with van der Waals surface area (Å²) in [6.45, 7) is 3.09. The van der Waals surface area contributed by atoms with Crippen molar-refractivity contribution in [2.45, 2.75) is 19.9 Å². The third kappa shape index (κ3) is 3.57. The van der Waals surface area contributed by atoms with Gasteiger partial charge >= 0.3 is 0 Å². The van der Waals surface area contributed by atoms with E-state index in [4.69, 9.17) is 5.73 Å². The summed E-state index contributed by atoms with van der Waals surface area (Å²) in [5.74, 6) is 0.0218. The van der Waals surface area contributed by atoms with Gasteiger partial charge in [-0.3, -0.25) is 4.79 Å². The van der Waals surface area contributed by atoms with Gasteiger partial charge in [0.2, 0.25) is 5.91 Å². The fourth-order valence-electron chi connectivity index (χ4n) is 0.985. The normalized spacial score (nSPS) is 10.0. The van der Waals surface area contributed by atoms with Crippen molar-refractivity contribution in [2.24, 2.45) is 5.73 Å². The molecule has 1 rings (SSSR count). The van der Waals surface area contributed by atoms with E-state index in [0.29, 0.717) is 19.5 Å². The Balaban J connectivity index is 2.30. The van der Waals surface area contributed by atoms with Gasteiger partial charge in [-0.2, -0.15) is 0 Å². The number of carbonyl (C=O) groups excluding carboxylic acids is 1. The number of hydrogen-bond acceptors (Lipinski definition) is 3. The van der Waals surface area contributed by atoms with Gasteiger partial charge in [0.25, 0.3) is 0 Å². The molecule has 3 nitrogen and oxygen atoms in total. The third-order valence-corrected chi connectivity index (χ3v) is 2.63. The topological polar surface area (TPSA) is 55.1 Å². The van der Waals surface area contributed by atoms with Crippen molar-refractivity contribution in [3.05, 3.63) is 21.9 Å². The largest absolute Gasteiger partial charge is 0.351 e. The highest BCUT2D eigenvalue weighted by molar-refractivity contribution is 7.11. The summed E-state index contributed by atoms with van der Waals surface area (Å²) in [5.41, 5.74) is 5.24. The molecule has 1 aromatic heterocycles. The lowest BCUT2D eigenvalue weighted by atomic mass is 10.4. The summed E-state index contributed by atoms with van der Waals surface area (Å²) in [6.07, 6.45) is 0.407. The van der Waals surface area contributed by atoms with Crippen LogP contribution in [0.15, 0.2) is 12.1 Å². The summed E-state index contributed by atoms with van der Waals surface area (Å²) < 4.78 is 0. The lowest BCUT2D eigenvalue weighted by molar-refractivity contribution is -0.121. The maximum Gasteiger partial charge on any atom is 0.221 e. The zero-order chi connectivity index (χ0) is 9.68. The Kier molecular flexibility index (Phi) is 3.92. The summed E-state index contributed by atoms with van der Waals surface area (Å²) >= 11 is 1.70. The van der Waals surface area contributed by atoms with Gasteiger partial charge in [-0.25, -0.2) is 0 Å². The van der Waals surface area contributed by atoms with E-state index in [1.54, 1.807) is 11.3 Å². The van der Waals surface area contributed by atoms with Gasteiger partial charge in [-0.1, -0.05) is 0 Å². The van der Waals surface area contributed by atoms with E-state index in [2.05, 4.69) is 18.3 Å². The van der Waals surface area contributed by atoms with Crippen molar-refractivity contribution in [1.29, 1.82) is 0 Å². The Labute approximate surface area is 81.9 Å². The lowest BCUT2D eigenvalue weighted by Crippen LogP contribution is -2.24. The molecule has 0 saturated carbocycles. The monoisotopic (exact) mass is 198 g/mol. The molecular weight excluding hydrogens is 184 g/mol. The standard InChI is InChI=1S/C9H14N2OS/c1-7-2-3-8(13-7)6-11-9(12)4-5-10/h2-3H,4-6,10H2,1H3,(H,11,12). The van der Waals surface area contributed by atoms with Gasteiger partial charge < -0.3 is 11.1 Å². The van der Waals surface area contributed by atoms with E-state index in [0.717, 1.165) is 0 Å². The first-order valence-electron chi connectivity index (χ1n) is 4.24. The van der Waals surface area contributed by atoms with Crippen LogP contribution in [0.5, 0.6) is 0 Å². The van der Waals surface area contributed by atoms with Crippen LogP contribution in [0.4, 0.5) is 0 Å². The van der Waals surface area contributed by atoms with Crippen LogP contribution in [0.1, 0.15) is 16.2 Å². The predicted octanol–water partition coefficient (Wildman–Crippen LogP) is 1.02. The molecule has 1 aromatic rings. The Bertz CT molecular complexity index is 283. The number of aryl methyl sites for hydroxylation is 1. The molecule has 0 spiro atoms. The molecule has 1 amide bonds. The van der Waals surface area contributed by atoms with Crippen LogP contribution in [-0.2, 0) is 11.3 Å². The molecule has 3 N–H and O–H groups in total. The van der Waals surface area contributed by atoms with E-state index >= 15 is 0 Å². The molecule has 0 aromatic carbocycles. The minimum atomic E-state index is 0.0218. The molecule has 0 aliphatic heterocycles. The van der Waals surface area contributed by atoms with Crippen molar-refractivity contribution in [3.63, 3.8) is 0 Å². The van der Waals surface area contributed by atoms with Crippen LogP contribution in [-0.4, -0.2) is 12.5 Å². The highest BCUT2D eigenvalue weighted by atomic mass is 32.1. The van der Waals surface area contributed by atoms with Crippen LogP contribution >= 0.6 is 11.3 Å². The van der Waals surface area contributed by atoms with E-state index in [-0.39, 0.29) is 5.91 Å². The summed E-state index contributed by atoms with van der Waals surface area (Å²) in [4.78, 5) is 13.5.